The second-order valence-corrected chi connectivity index (χ2v) is 6.33. The summed E-state index contributed by atoms with van der Waals surface area (Å²) in [6, 6.07) is -4.44. The fourth-order valence-corrected chi connectivity index (χ4v) is 2.09. The molecule has 0 aliphatic rings. The lowest BCUT2D eigenvalue weighted by molar-refractivity contribution is -0.141. The molecule has 0 bridgehead atoms. The van der Waals surface area contributed by atoms with Crippen molar-refractivity contribution >= 4 is 35.9 Å². The van der Waals surface area contributed by atoms with E-state index in [1.165, 1.54) is 20.1 Å². The Bertz CT molecular complexity index is 627. The van der Waals surface area contributed by atoms with E-state index in [0.29, 0.717) is 13.0 Å². The molecule has 0 rings (SSSR count). The number of nitrogens with one attached hydrogen (secondary N) is 5. The van der Waals surface area contributed by atoms with Gasteiger partial charge in [0.25, 0.3) is 0 Å². The lowest BCUT2D eigenvalue weighted by atomic mass is 10.1. The molecule has 13 nitrogen and oxygen atoms in total. The maximum Gasteiger partial charge on any atom is 0.305 e. The normalized spacial score (nSPS) is 14.4. The topological polar surface area (TPSA) is 230 Å². The Hall–Kier alpha value is -3.22. The number of aliphatic carboxylic acids is 1. The van der Waals surface area contributed by atoms with Crippen LogP contribution in [0, 0.1) is 5.41 Å². The van der Waals surface area contributed by atoms with Gasteiger partial charge in [0.15, 0.2) is 5.96 Å². The van der Waals surface area contributed by atoms with Crippen molar-refractivity contribution < 1.29 is 29.1 Å². The van der Waals surface area contributed by atoms with Crippen LogP contribution in [-0.2, 0) is 24.0 Å². The average Bonchev–Trinajstić information content (AvgIpc) is 2.63. The summed E-state index contributed by atoms with van der Waals surface area (Å²) >= 11 is 0. The largest absolute Gasteiger partial charge is 0.481 e. The number of carboxylic acids is 1. The Labute approximate surface area is 167 Å². The second kappa shape index (κ2) is 13.0. The van der Waals surface area contributed by atoms with Gasteiger partial charge < -0.3 is 37.8 Å². The third-order valence-corrected chi connectivity index (χ3v) is 3.64. The lowest BCUT2D eigenvalue weighted by Crippen LogP contribution is -2.56. The summed E-state index contributed by atoms with van der Waals surface area (Å²) < 4.78 is 0. The standard InChI is InChI=1S/C16H28N7O6/c1-8(7-24)21-15(29)11(6-12(25)26)23-13(27)9(2)22-14(28)10(17)4-3-5-20-16(18)19/h8-11H,3-6,17H2,1-2H3,(H,21,29)(H,22,28)(H,23,27)(H,25,26)(H4,18,19,20)/t8-,9-,10-,11-/m0/s1. The summed E-state index contributed by atoms with van der Waals surface area (Å²) in [5.41, 5.74) is 10.9. The highest BCUT2D eigenvalue weighted by Gasteiger charge is 2.28. The number of hydrogen-bond donors (Lipinski definition) is 8. The zero-order valence-electron chi connectivity index (χ0n) is 16.3. The van der Waals surface area contributed by atoms with Gasteiger partial charge in [-0.2, -0.15) is 0 Å². The van der Waals surface area contributed by atoms with Crippen LogP contribution in [0.15, 0.2) is 0 Å². The Morgan fingerprint density at radius 3 is 2.21 bits per heavy atom. The molecule has 1 radical (unpaired) electrons. The predicted octanol–water partition coefficient (Wildman–Crippen LogP) is -3.34. The molecule has 0 aromatic heterocycles. The summed E-state index contributed by atoms with van der Waals surface area (Å²) in [5.74, 6) is -3.82. The van der Waals surface area contributed by atoms with E-state index in [-0.39, 0.29) is 12.4 Å². The van der Waals surface area contributed by atoms with Crippen LogP contribution in [0.5, 0.6) is 0 Å². The third kappa shape index (κ3) is 11.3. The van der Waals surface area contributed by atoms with Crippen molar-refractivity contribution in [1.82, 2.24) is 21.3 Å². The van der Waals surface area contributed by atoms with E-state index in [9.17, 15) is 24.0 Å². The number of guanidine groups is 1. The smallest absolute Gasteiger partial charge is 0.305 e. The highest BCUT2D eigenvalue weighted by molar-refractivity contribution is 5.94. The molecule has 163 valence electrons. The minimum absolute atomic E-state index is 0.200. The number of carbonyl (C=O) groups is 4. The third-order valence-electron chi connectivity index (χ3n) is 3.64. The molecule has 0 fully saturated rings. The number of amides is 3. The summed E-state index contributed by atoms with van der Waals surface area (Å²) in [7, 11) is 0. The molecule has 3 amide bonds. The van der Waals surface area contributed by atoms with E-state index in [1.807, 2.05) is 0 Å². The molecular formula is C16H28N7O6. The van der Waals surface area contributed by atoms with Crippen molar-refractivity contribution in [1.29, 1.82) is 5.41 Å². The monoisotopic (exact) mass is 414 g/mol. The fourth-order valence-electron chi connectivity index (χ4n) is 2.09. The predicted molar refractivity (Wildman–Crippen MR) is 102 cm³/mol. The van der Waals surface area contributed by atoms with Gasteiger partial charge in [-0.05, 0) is 26.7 Å². The molecule has 0 unspecified atom stereocenters. The summed E-state index contributed by atoms with van der Waals surface area (Å²) in [6.07, 6.45) is 1.52. The van der Waals surface area contributed by atoms with E-state index in [0.717, 1.165) is 0 Å². The van der Waals surface area contributed by atoms with Crippen LogP contribution in [0.2, 0.25) is 0 Å². The van der Waals surface area contributed by atoms with Gasteiger partial charge in [0, 0.05) is 6.54 Å². The SMILES string of the molecule is C[C@H](NC(=O)[C@@H](N)CCCNC(=N)N)C(=O)N[C@@H](CC(=O)O)C(=O)N[C@@H](C)[C]=O. The number of carboxylic acid groups (broad SMARTS) is 1. The molecule has 0 spiro atoms. The maximum absolute atomic E-state index is 12.2. The first-order valence-corrected chi connectivity index (χ1v) is 8.82. The molecule has 10 N–H and O–H groups in total. The highest BCUT2D eigenvalue weighted by atomic mass is 16.4. The lowest BCUT2D eigenvalue weighted by Gasteiger charge is -2.21. The van der Waals surface area contributed by atoms with Crippen molar-refractivity contribution in [2.45, 2.75) is 57.3 Å². The van der Waals surface area contributed by atoms with E-state index in [4.69, 9.17) is 22.0 Å². The summed E-state index contributed by atoms with van der Waals surface area (Å²) in [4.78, 5) is 57.7. The summed E-state index contributed by atoms with van der Waals surface area (Å²) in [5, 5.41) is 25.3. The fraction of sp³-hybridized carbons (Fsp3) is 0.625. The van der Waals surface area contributed by atoms with Crippen LogP contribution in [-0.4, -0.2) is 71.8 Å². The van der Waals surface area contributed by atoms with Crippen molar-refractivity contribution in [2.24, 2.45) is 11.5 Å². The van der Waals surface area contributed by atoms with Gasteiger partial charge in [-0.1, -0.05) is 0 Å². The minimum Gasteiger partial charge on any atom is -0.481 e. The maximum atomic E-state index is 12.2. The Morgan fingerprint density at radius 2 is 1.69 bits per heavy atom. The van der Waals surface area contributed by atoms with Crippen molar-refractivity contribution in [3.63, 3.8) is 0 Å². The number of hydrogen-bond acceptors (Lipinski definition) is 7. The van der Waals surface area contributed by atoms with Crippen molar-refractivity contribution in [2.75, 3.05) is 6.54 Å². The van der Waals surface area contributed by atoms with Crippen molar-refractivity contribution in [3.05, 3.63) is 0 Å². The molecular weight excluding hydrogens is 386 g/mol. The van der Waals surface area contributed by atoms with E-state index >= 15 is 0 Å². The van der Waals surface area contributed by atoms with Gasteiger partial charge in [-0.3, -0.25) is 29.4 Å². The van der Waals surface area contributed by atoms with Gasteiger partial charge in [-0.25, -0.2) is 0 Å². The molecule has 4 atom stereocenters. The van der Waals surface area contributed by atoms with E-state index < -0.39 is 54.3 Å². The van der Waals surface area contributed by atoms with Crippen molar-refractivity contribution in [3.8, 4) is 0 Å². The molecule has 0 heterocycles. The first-order valence-electron chi connectivity index (χ1n) is 8.82. The van der Waals surface area contributed by atoms with E-state index in [2.05, 4.69) is 21.3 Å². The van der Waals surface area contributed by atoms with Crippen LogP contribution in [0.4, 0.5) is 0 Å². The van der Waals surface area contributed by atoms with Gasteiger partial charge in [-0.15, -0.1) is 0 Å². The van der Waals surface area contributed by atoms with Crippen LogP contribution in [0.25, 0.3) is 0 Å². The van der Waals surface area contributed by atoms with Crippen LogP contribution >= 0.6 is 0 Å². The minimum atomic E-state index is -1.44. The van der Waals surface area contributed by atoms with Crippen LogP contribution in [0.1, 0.15) is 33.1 Å². The average molecular weight is 414 g/mol. The number of rotatable bonds is 13. The molecule has 13 heteroatoms. The van der Waals surface area contributed by atoms with E-state index in [1.54, 1.807) is 0 Å². The number of carbonyl (C=O) groups excluding carboxylic acids is 4. The van der Waals surface area contributed by atoms with Gasteiger partial charge in [0.05, 0.1) is 18.5 Å². The van der Waals surface area contributed by atoms with Gasteiger partial charge in [0.1, 0.15) is 12.1 Å². The quantitative estimate of drug-likeness (QED) is 0.0853. The molecule has 0 saturated carbocycles. The van der Waals surface area contributed by atoms with Gasteiger partial charge >= 0.3 is 5.97 Å². The first kappa shape index (κ1) is 25.8. The summed E-state index contributed by atoms with van der Waals surface area (Å²) in [6.45, 7) is 3.03. The molecule has 0 aliphatic carbocycles. The van der Waals surface area contributed by atoms with Crippen LogP contribution in [0.3, 0.4) is 0 Å². The van der Waals surface area contributed by atoms with Crippen LogP contribution < -0.4 is 32.7 Å². The Morgan fingerprint density at radius 1 is 1.07 bits per heavy atom. The molecule has 0 aromatic rings. The molecule has 0 saturated heterocycles. The molecule has 0 aromatic carbocycles. The second-order valence-electron chi connectivity index (χ2n) is 6.33. The first-order chi connectivity index (χ1) is 13.5. The zero-order chi connectivity index (χ0) is 22.6. The Balaban J connectivity index is 4.69. The molecule has 0 aliphatic heterocycles. The zero-order valence-corrected chi connectivity index (χ0v) is 16.3. The Kier molecular flexibility index (Phi) is 11.6. The number of nitrogens with two attached hydrogens (primary N) is 2. The highest BCUT2D eigenvalue weighted by Crippen LogP contribution is 1.98. The van der Waals surface area contributed by atoms with Gasteiger partial charge in [0.2, 0.25) is 24.0 Å². The molecule has 29 heavy (non-hydrogen) atoms.